The van der Waals surface area contributed by atoms with E-state index in [9.17, 15) is 10.2 Å². The molecule has 4 heteroatoms. The lowest BCUT2D eigenvalue weighted by Gasteiger charge is -2.57. The quantitative estimate of drug-likeness (QED) is 0.526. The van der Waals surface area contributed by atoms with Gasteiger partial charge in [-0.1, -0.05) is 53.9 Å². The highest BCUT2D eigenvalue weighted by Gasteiger charge is 2.58. The van der Waals surface area contributed by atoms with Gasteiger partial charge < -0.3 is 10.2 Å². The molecule has 4 rings (SSSR count). The van der Waals surface area contributed by atoms with E-state index in [1.54, 1.807) is 6.33 Å². The number of hydrogen-bond acceptors (Lipinski definition) is 4. The third-order valence-corrected chi connectivity index (χ3v) is 10.7. The summed E-state index contributed by atoms with van der Waals surface area (Å²) in [6.45, 7) is 12.6. The van der Waals surface area contributed by atoms with Crippen molar-refractivity contribution in [1.29, 1.82) is 0 Å². The van der Waals surface area contributed by atoms with Gasteiger partial charge in [0.1, 0.15) is 6.33 Å². The highest BCUT2D eigenvalue weighted by atomic mass is 16.3. The van der Waals surface area contributed by atoms with Gasteiger partial charge in [0.2, 0.25) is 0 Å². The Balaban J connectivity index is 1.55. The minimum absolute atomic E-state index is 0.0117. The van der Waals surface area contributed by atoms with Gasteiger partial charge in [-0.25, -0.2) is 9.97 Å². The summed E-state index contributed by atoms with van der Waals surface area (Å²) in [4.78, 5) is 8.83. The lowest BCUT2D eigenvalue weighted by atomic mass is 9.48. The predicted octanol–water partition coefficient (Wildman–Crippen LogP) is 5.70. The van der Waals surface area contributed by atoms with Crippen LogP contribution in [0, 0.1) is 52.3 Å². The van der Waals surface area contributed by atoms with Gasteiger partial charge in [0.15, 0.2) is 0 Å². The van der Waals surface area contributed by atoms with Gasteiger partial charge in [0.25, 0.3) is 0 Å². The monoisotopic (exact) mass is 456 g/mol. The molecule has 0 bridgehead atoms. The zero-order valence-corrected chi connectivity index (χ0v) is 21.8. The molecular weight excluding hydrogens is 408 g/mol. The van der Waals surface area contributed by atoms with E-state index in [1.807, 2.05) is 6.20 Å². The Morgan fingerprint density at radius 2 is 1.76 bits per heavy atom. The predicted molar refractivity (Wildman–Crippen MR) is 134 cm³/mol. The largest absolute Gasteiger partial charge is 0.396 e. The summed E-state index contributed by atoms with van der Waals surface area (Å²) in [6, 6.07) is 0. The van der Waals surface area contributed by atoms with E-state index in [0.29, 0.717) is 23.2 Å². The first kappa shape index (κ1) is 25.1. The van der Waals surface area contributed by atoms with Crippen molar-refractivity contribution in [2.45, 2.75) is 92.4 Å². The van der Waals surface area contributed by atoms with E-state index in [1.165, 1.54) is 50.5 Å². The number of fused-ring (bicyclic) bond motifs is 2. The second kappa shape index (κ2) is 9.93. The Morgan fingerprint density at radius 3 is 2.45 bits per heavy atom. The maximum atomic E-state index is 10.8. The molecule has 1 unspecified atom stereocenters. The molecular formula is C29H48N2O2. The number of aliphatic hydroxyl groups is 2. The summed E-state index contributed by atoms with van der Waals surface area (Å²) in [5, 5.41) is 21.2. The van der Waals surface area contributed by atoms with Gasteiger partial charge in [0, 0.05) is 25.1 Å². The Bertz CT molecular complexity index is 798. The summed E-state index contributed by atoms with van der Waals surface area (Å²) in [5.41, 5.74) is 2.70. The molecule has 2 fully saturated rings. The number of aromatic nitrogens is 2. The molecule has 3 aliphatic carbocycles. The van der Waals surface area contributed by atoms with Crippen molar-refractivity contribution in [2.75, 3.05) is 13.2 Å². The minimum atomic E-state index is -0.0117. The topological polar surface area (TPSA) is 66.2 Å². The lowest BCUT2D eigenvalue weighted by Crippen LogP contribution is -2.53. The first-order valence-corrected chi connectivity index (χ1v) is 13.7. The van der Waals surface area contributed by atoms with E-state index in [2.05, 4.69) is 44.6 Å². The Labute approximate surface area is 202 Å². The van der Waals surface area contributed by atoms with Crippen molar-refractivity contribution in [1.82, 2.24) is 9.97 Å². The van der Waals surface area contributed by atoms with E-state index in [-0.39, 0.29) is 24.5 Å². The van der Waals surface area contributed by atoms with Crippen LogP contribution in [0.1, 0.15) is 90.8 Å². The molecule has 0 amide bonds. The fourth-order valence-electron chi connectivity index (χ4n) is 8.83. The van der Waals surface area contributed by atoms with E-state index < -0.39 is 0 Å². The molecule has 1 aromatic heterocycles. The maximum absolute atomic E-state index is 10.8. The van der Waals surface area contributed by atoms with Crippen LogP contribution in [0.25, 0.3) is 0 Å². The number of nitrogens with zero attached hydrogens (tertiary/aromatic N) is 2. The molecule has 0 aliphatic heterocycles. The molecule has 0 radical (unpaired) electrons. The molecule has 0 saturated heterocycles. The highest BCUT2D eigenvalue weighted by molar-refractivity contribution is 5.24. The zero-order valence-electron chi connectivity index (χ0n) is 21.8. The van der Waals surface area contributed by atoms with Crippen molar-refractivity contribution in [3.63, 3.8) is 0 Å². The summed E-state index contributed by atoms with van der Waals surface area (Å²) < 4.78 is 0. The van der Waals surface area contributed by atoms with Crippen molar-refractivity contribution >= 4 is 0 Å². The summed E-state index contributed by atoms with van der Waals surface area (Å²) in [5.74, 6) is 3.94. The molecule has 3 aliphatic rings. The Morgan fingerprint density at radius 1 is 1.00 bits per heavy atom. The third kappa shape index (κ3) is 4.51. The normalized spacial score (nSPS) is 39.3. The van der Waals surface area contributed by atoms with Crippen molar-refractivity contribution in [2.24, 2.45) is 52.3 Å². The van der Waals surface area contributed by atoms with Crippen molar-refractivity contribution in [3.05, 3.63) is 23.8 Å². The summed E-state index contributed by atoms with van der Waals surface area (Å²) in [6.07, 6.45) is 14.4. The Hall–Kier alpha value is -1.00. The van der Waals surface area contributed by atoms with Crippen molar-refractivity contribution < 1.29 is 10.2 Å². The van der Waals surface area contributed by atoms with Crippen LogP contribution in [0.15, 0.2) is 12.5 Å². The van der Waals surface area contributed by atoms with Gasteiger partial charge in [-0.2, -0.15) is 0 Å². The third-order valence-electron chi connectivity index (χ3n) is 10.7. The molecule has 8 atom stereocenters. The van der Waals surface area contributed by atoms with Crippen LogP contribution in [0.3, 0.4) is 0 Å². The van der Waals surface area contributed by atoms with Crippen LogP contribution < -0.4 is 0 Å². The van der Waals surface area contributed by atoms with Crippen LogP contribution in [-0.4, -0.2) is 33.4 Å². The molecule has 4 nitrogen and oxygen atoms in total. The molecule has 33 heavy (non-hydrogen) atoms. The Kier molecular flexibility index (Phi) is 7.56. The molecule has 2 N–H and O–H groups in total. The molecule has 2 saturated carbocycles. The number of rotatable bonds is 8. The average molecular weight is 457 g/mol. The van der Waals surface area contributed by atoms with E-state index in [0.717, 1.165) is 36.3 Å². The fraction of sp³-hybridized carbons (Fsp3) is 0.862. The highest BCUT2D eigenvalue weighted by Crippen LogP contribution is 2.64. The van der Waals surface area contributed by atoms with Gasteiger partial charge in [-0.05, 0) is 96.3 Å². The first-order valence-electron chi connectivity index (χ1n) is 13.7. The average Bonchev–Trinajstić information content (AvgIpc) is 3.14. The molecule has 0 spiro atoms. The van der Waals surface area contributed by atoms with Gasteiger partial charge in [-0.3, -0.25) is 0 Å². The summed E-state index contributed by atoms with van der Waals surface area (Å²) in [7, 11) is 0. The second-order valence-corrected chi connectivity index (χ2v) is 12.9. The number of hydrogen-bond donors (Lipinski definition) is 2. The van der Waals surface area contributed by atoms with E-state index >= 15 is 0 Å². The molecule has 0 aromatic carbocycles. The standard InChI is InChI=1S/C29H48N2O2/c1-19(2)7-6-8-20(3)24-9-10-25-23(17-33)26(11-12-28(24,25)4)29(5)14-21-15-30-18-31-27(21)13-22(29)16-32/h15,18-20,22-26,32-33H,6-14,16-17H2,1-5H3/t20?,22-,23+,24-,25+,26+,28-,29+/m1/s1. The van der Waals surface area contributed by atoms with Gasteiger partial charge in [0.05, 0.1) is 0 Å². The maximum Gasteiger partial charge on any atom is 0.115 e. The second-order valence-electron chi connectivity index (χ2n) is 12.9. The minimum Gasteiger partial charge on any atom is -0.396 e. The van der Waals surface area contributed by atoms with E-state index in [4.69, 9.17) is 0 Å². The van der Waals surface area contributed by atoms with Crippen LogP contribution in [0.2, 0.25) is 0 Å². The first-order chi connectivity index (χ1) is 15.7. The fourth-order valence-corrected chi connectivity index (χ4v) is 8.83. The lowest BCUT2D eigenvalue weighted by molar-refractivity contribution is -0.0942. The molecule has 1 heterocycles. The smallest absolute Gasteiger partial charge is 0.115 e. The zero-order chi connectivity index (χ0) is 23.8. The van der Waals surface area contributed by atoms with Gasteiger partial charge >= 0.3 is 0 Å². The van der Waals surface area contributed by atoms with Gasteiger partial charge in [-0.15, -0.1) is 0 Å². The molecule has 1 aromatic rings. The summed E-state index contributed by atoms with van der Waals surface area (Å²) >= 11 is 0. The van der Waals surface area contributed by atoms with Crippen molar-refractivity contribution in [3.8, 4) is 0 Å². The van der Waals surface area contributed by atoms with Crippen LogP contribution in [0.5, 0.6) is 0 Å². The molecule has 186 valence electrons. The van der Waals surface area contributed by atoms with Crippen LogP contribution in [0.4, 0.5) is 0 Å². The van der Waals surface area contributed by atoms with Crippen LogP contribution >= 0.6 is 0 Å². The number of aliphatic hydroxyl groups excluding tert-OH is 2. The SMILES string of the molecule is CC(C)CCCC(C)[C@H]1CC[C@H]2[C@H](CO)[C@@H]([C@@]3(C)Cc4cncnc4C[C@@H]3CO)CC[C@]12C. The van der Waals surface area contributed by atoms with Crippen LogP contribution in [-0.2, 0) is 12.8 Å².